The number of hydrogen-bond acceptors (Lipinski definition) is 3. The molecule has 1 N–H and O–H groups in total. The molecule has 0 saturated carbocycles. The lowest BCUT2D eigenvalue weighted by Crippen LogP contribution is -2.39. The van der Waals surface area contributed by atoms with Crippen molar-refractivity contribution in [2.45, 2.75) is 32.6 Å². The van der Waals surface area contributed by atoms with E-state index in [0.29, 0.717) is 12.3 Å². The third kappa shape index (κ3) is 6.36. The molecule has 0 spiro atoms. The van der Waals surface area contributed by atoms with Crippen LogP contribution < -0.4 is 5.32 Å². The molecule has 1 rings (SSSR count). The molecule has 0 aliphatic carbocycles. The largest absolute Gasteiger partial charge is 0.343 e. The lowest BCUT2D eigenvalue weighted by atomic mass is 9.99. The maximum absolute atomic E-state index is 11.9. The van der Waals surface area contributed by atoms with Crippen molar-refractivity contribution in [2.24, 2.45) is 5.92 Å². The average Bonchev–Trinajstić information content (AvgIpc) is 2.34. The molecule has 0 aromatic heterocycles. The van der Waals surface area contributed by atoms with Crippen molar-refractivity contribution in [3.63, 3.8) is 0 Å². The smallest absolute Gasteiger partial charge is 0.223 e. The van der Waals surface area contributed by atoms with Gasteiger partial charge in [-0.1, -0.05) is 6.92 Å². The van der Waals surface area contributed by atoms with Crippen LogP contribution in [0.1, 0.15) is 32.6 Å². The minimum atomic E-state index is 0.321. The highest BCUT2D eigenvalue weighted by atomic mass is 16.2. The first-order valence-electron chi connectivity index (χ1n) is 7.23. The van der Waals surface area contributed by atoms with Gasteiger partial charge in [0.2, 0.25) is 5.91 Å². The maximum Gasteiger partial charge on any atom is 0.223 e. The third-order valence-corrected chi connectivity index (χ3v) is 3.61. The first kappa shape index (κ1) is 15.4. The summed E-state index contributed by atoms with van der Waals surface area (Å²) in [5.74, 6) is 1.11. The Labute approximate surface area is 112 Å². The van der Waals surface area contributed by atoms with Crippen LogP contribution in [0.25, 0.3) is 0 Å². The Kier molecular flexibility index (Phi) is 7.28. The number of hydrogen-bond donors (Lipinski definition) is 1. The van der Waals surface area contributed by atoms with Crippen molar-refractivity contribution in [3.8, 4) is 0 Å². The fourth-order valence-electron chi connectivity index (χ4n) is 2.26. The highest BCUT2D eigenvalue weighted by Gasteiger charge is 2.19. The lowest BCUT2D eigenvalue weighted by Gasteiger charge is -2.30. The summed E-state index contributed by atoms with van der Waals surface area (Å²) in [5.41, 5.74) is 0. The van der Waals surface area contributed by atoms with Gasteiger partial charge in [0, 0.05) is 26.1 Å². The fraction of sp³-hybridized carbons (Fsp3) is 0.929. The van der Waals surface area contributed by atoms with Crippen molar-refractivity contribution >= 4 is 5.91 Å². The fourth-order valence-corrected chi connectivity index (χ4v) is 2.26. The zero-order valence-corrected chi connectivity index (χ0v) is 12.2. The molecule has 1 fully saturated rings. The number of likely N-dealkylation sites (tertiary alicyclic amines) is 1. The van der Waals surface area contributed by atoms with E-state index in [2.05, 4.69) is 31.2 Å². The normalized spacial score (nSPS) is 17.4. The summed E-state index contributed by atoms with van der Waals surface area (Å²) in [5, 5.41) is 3.35. The van der Waals surface area contributed by atoms with E-state index >= 15 is 0 Å². The molecule has 18 heavy (non-hydrogen) atoms. The summed E-state index contributed by atoms with van der Waals surface area (Å²) in [6, 6.07) is 0. The number of nitrogens with one attached hydrogen (secondary N) is 1. The van der Waals surface area contributed by atoms with Crippen LogP contribution in [0.3, 0.4) is 0 Å². The van der Waals surface area contributed by atoms with Crippen molar-refractivity contribution in [2.75, 3.05) is 46.8 Å². The summed E-state index contributed by atoms with van der Waals surface area (Å²) in [7, 11) is 4.17. The minimum absolute atomic E-state index is 0.321. The van der Waals surface area contributed by atoms with E-state index in [1.54, 1.807) is 0 Å². The second kappa shape index (κ2) is 8.48. The van der Waals surface area contributed by atoms with E-state index in [1.807, 2.05) is 4.90 Å². The molecule has 0 radical (unpaired) electrons. The van der Waals surface area contributed by atoms with Crippen LogP contribution in [0.15, 0.2) is 0 Å². The molecule has 1 aliphatic heterocycles. The summed E-state index contributed by atoms with van der Waals surface area (Å²) < 4.78 is 0. The van der Waals surface area contributed by atoms with Gasteiger partial charge in [-0.15, -0.1) is 0 Å². The van der Waals surface area contributed by atoms with Crippen LogP contribution in [0.2, 0.25) is 0 Å². The maximum atomic E-state index is 11.9. The van der Waals surface area contributed by atoms with E-state index in [0.717, 1.165) is 45.1 Å². The summed E-state index contributed by atoms with van der Waals surface area (Å²) in [6.45, 7) is 7.11. The lowest BCUT2D eigenvalue weighted by molar-refractivity contribution is -0.132. The SMILES string of the molecule is CC1CCN(C(=O)CCNCCCN(C)C)CC1. The molecule has 1 amide bonds. The predicted octanol–water partition coefficient (Wildman–Crippen LogP) is 1.18. The molecular formula is C14H29N3O. The van der Waals surface area contributed by atoms with Crippen LogP contribution in [0, 0.1) is 5.92 Å². The molecule has 0 unspecified atom stereocenters. The molecular weight excluding hydrogens is 226 g/mol. The molecule has 1 saturated heterocycles. The van der Waals surface area contributed by atoms with Gasteiger partial charge in [-0.05, 0) is 52.4 Å². The van der Waals surface area contributed by atoms with Crippen molar-refractivity contribution < 1.29 is 4.79 Å². The molecule has 1 heterocycles. The zero-order valence-electron chi connectivity index (χ0n) is 12.2. The van der Waals surface area contributed by atoms with Crippen molar-refractivity contribution in [1.29, 1.82) is 0 Å². The van der Waals surface area contributed by atoms with Crippen LogP contribution >= 0.6 is 0 Å². The van der Waals surface area contributed by atoms with Gasteiger partial charge >= 0.3 is 0 Å². The predicted molar refractivity (Wildman–Crippen MR) is 75.6 cm³/mol. The highest BCUT2D eigenvalue weighted by Crippen LogP contribution is 2.16. The summed E-state index contributed by atoms with van der Waals surface area (Å²) in [6.07, 6.45) is 4.13. The second-order valence-corrected chi connectivity index (χ2v) is 5.72. The zero-order chi connectivity index (χ0) is 13.4. The standard InChI is InChI=1S/C14H29N3O/c1-13-6-11-17(12-7-13)14(18)5-9-15-8-4-10-16(2)3/h13,15H,4-12H2,1-3H3. The Balaban J connectivity index is 2.00. The topological polar surface area (TPSA) is 35.6 Å². The van der Waals surface area contributed by atoms with Crippen LogP contribution in [-0.4, -0.2) is 62.5 Å². The Bertz CT molecular complexity index is 235. The molecule has 1 aliphatic rings. The molecule has 0 aromatic carbocycles. The van der Waals surface area contributed by atoms with Gasteiger partial charge in [-0.25, -0.2) is 0 Å². The van der Waals surface area contributed by atoms with Gasteiger partial charge in [0.15, 0.2) is 0 Å². The van der Waals surface area contributed by atoms with E-state index in [9.17, 15) is 4.79 Å². The van der Waals surface area contributed by atoms with E-state index < -0.39 is 0 Å². The average molecular weight is 255 g/mol. The Hall–Kier alpha value is -0.610. The van der Waals surface area contributed by atoms with Crippen LogP contribution in [-0.2, 0) is 4.79 Å². The number of amides is 1. The molecule has 0 atom stereocenters. The van der Waals surface area contributed by atoms with Gasteiger partial charge < -0.3 is 15.1 Å². The van der Waals surface area contributed by atoms with Gasteiger partial charge in [0.25, 0.3) is 0 Å². The molecule has 0 bridgehead atoms. The Morgan fingerprint density at radius 1 is 1.28 bits per heavy atom. The molecule has 4 nitrogen and oxygen atoms in total. The number of carbonyl (C=O) groups is 1. The summed E-state index contributed by atoms with van der Waals surface area (Å²) >= 11 is 0. The van der Waals surface area contributed by atoms with Crippen LogP contribution in [0.5, 0.6) is 0 Å². The second-order valence-electron chi connectivity index (χ2n) is 5.72. The molecule has 106 valence electrons. The monoisotopic (exact) mass is 255 g/mol. The van der Waals surface area contributed by atoms with E-state index in [4.69, 9.17) is 0 Å². The molecule has 0 aromatic rings. The van der Waals surface area contributed by atoms with Crippen molar-refractivity contribution in [1.82, 2.24) is 15.1 Å². The van der Waals surface area contributed by atoms with Gasteiger partial charge in [-0.2, -0.15) is 0 Å². The van der Waals surface area contributed by atoms with Gasteiger partial charge in [0.05, 0.1) is 0 Å². The third-order valence-electron chi connectivity index (χ3n) is 3.61. The number of piperidine rings is 1. The number of rotatable bonds is 7. The van der Waals surface area contributed by atoms with Crippen molar-refractivity contribution in [3.05, 3.63) is 0 Å². The minimum Gasteiger partial charge on any atom is -0.343 e. The van der Waals surface area contributed by atoms with Crippen LogP contribution in [0.4, 0.5) is 0 Å². The Morgan fingerprint density at radius 3 is 2.56 bits per heavy atom. The number of carbonyl (C=O) groups excluding carboxylic acids is 1. The Morgan fingerprint density at radius 2 is 1.94 bits per heavy atom. The first-order valence-corrected chi connectivity index (χ1v) is 7.23. The van der Waals surface area contributed by atoms with E-state index in [-0.39, 0.29) is 0 Å². The first-order chi connectivity index (χ1) is 8.59. The van der Waals surface area contributed by atoms with Gasteiger partial charge in [0.1, 0.15) is 0 Å². The van der Waals surface area contributed by atoms with E-state index in [1.165, 1.54) is 12.8 Å². The highest BCUT2D eigenvalue weighted by molar-refractivity contribution is 5.76. The molecule has 4 heteroatoms. The summed E-state index contributed by atoms with van der Waals surface area (Å²) in [4.78, 5) is 16.1. The number of nitrogens with zero attached hydrogens (tertiary/aromatic N) is 2. The quantitative estimate of drug-likeness (QED) is 0.694. The van der Waals surface area contributed by atoms with Gasteiger partial charge in [-0.3, -0.25) is 4.79 Å².